The van der Waals surface area contributed by atoms with Gasteiger partial charge in [0.05, 0.1) is 0 Å². The molecule has 0 fully saturated rings. The van der Waals surface area contributed by atoms with E-state index in [0.29, 0.717) is 0 Å². The number of rotatable bonds is 0. The smallest absolute Gasteiger partial charge is 0.394 e. The van der Waals surface area contributed by atoms with Crippen LogP contribution in [0.2, 0.25) is 0 Å². The predicted molar refractivity (Wildman–Crippen MR) is 43.1 cm³/mol. The van der Waals surface area contributed by atoms with E-state index in [9.17, 15) is 0 Å². The minimum atomic E-state index is -4.67. The molecule has 100 valence electrons. The molecule has 18 N–H and O–H groups in total. The molecule has 0 aliphatic heterocycles. The van der Waals surface area contributed by atoms with Gasteiger partial charge in [0.1, 0.15) is 0 Å². The molecule has 0 heterocycles. The van der Waals surface area contributed by atoms with E-state index in [-0.39, 0.29) is 85.6 Å². The third kappa shape index (κ3) is 2140. The fourth-order valence-corrected chi connectivity index (χ4v) is 0. The van der Waals surface area contributed by atoms with Crippen LogP contribution in [0.25, 0.3) is 0 Å². The Morgan fingerprint density at radius 1 is 0.571 bits per heavy atom. The Balaban J connectivity index is -0.00000000222. The first-order chi connectivity index (χ1) is 2.00. The standard InChI is InChI=1S/Ce.H2O4S.8H2O/c;1-5(2,3)4;;;;;;;;/h;(H2,1,2,3,4);8*1H2. The molecule has 0 aromatic heterocycles. The van der Waals surface area contributed by atoms with E-state index in [1.54, 1.807) is 0 Å². The molecule has 12 nitrogen and oxygen atoms in total. The van der Waals surface area contributed by atoms with Crippen molar-refractivity contribution in [2.24, 2.45) is 0 Å². The molecular weight excluding hydrogens is 364 g/mol. The first kappa shape index (κ1) is 119. The van der Waals surface area contributed by atoms with E-state index in [4.69, 9.17) is 17.5 Å². The maximum absolute atomic E-state index is 8.74. The summed E-state index contributed by atoms with van der Waals surface area (Å²) in [6, 6.07) is 0. The van der Waals surface area contributed by atoms with Crippen LogP contribution >= 0.6 is 0 Å². The predicted octanol–water partition coefficient (Wildman–Crippen LogP) is -7.25. The minimum Gasteiger partial charge on any atom is -0.412 e. The van der Waals surface area contributed by atoms with Crippen molar-refractivity contribution in [3.8, 4) is 0 Å². The van der Waals surface area contributed by atoms with Crippen molar-refractivity contribution in [2.45, 2.75) is 0 Å². The van der Waals surface area contributed by atoms with Crippen LogP contribution in [0.4, 0.5) is 0 Å². The van der Waals surface area contributed by atoms with Crippen molar-refractivity contribution in [1.29, 1.82) is 0 Å². The maximum Gasteiger partial charge on any atom is 0.394 e. The van der Waals surface area contributed by atoms with Gasteiger partial charge in [0.2, 0.25) is 0 Å². The Kier molecular flexibility index (Phi) is 413. The second kappa shape index (κ2) is 48.5. The van der Waals surface area contributed by atoms with Crippen molar-refractivity contribution in [3.63, 3.8) is 0 Å². The molecule has 0 radical (unpaired) electrons. The molecule has 0 atom stereocenters. The van der Waals surface area contributed by atoms with Gasteiger partial charge in [-0.2, -0.15) is 8.42 Å². The first-order valence-corrected chi connectivity index (χ1v) is 2.10. The Hall–Kier alpha value is 0.927. The van der Waals surface area contributed by atoms with Gasteiger partial charge in [-0.25, -0.2) is 0 Å². The quantitative estimate of drug-likeness (QED) is 0.385. The summed E-state index contributed by atoms with van der Waals surface area (Å²) in [4.78, 5) is 0. The summed E-state index contributed by atoms with van der Waals surface area (Å²) in [7, 11) is -4.67. The molecule has 0 saturated carbocycles. The topological polar surface area (TPSA) is 327 Å². The van der Waals surface area contributed by atoms with Crippen LogP contribution in [0.5, 0.6) is 0 Å². The molecule has 0 amide bonds. The summed E-state index contributed by atoms with van der Waals surface area (Å²) < 4.78 is 31.6. The van der Waals surface area contributed by atoms with Gasteiger partial charge < -0.3 is 43.8 Å². The van der Waals surface area contributed by atoms with Crippen molar-refractivity contribution in [3.05, 3.63) is 0 Å². The molecule has 0 aliphatic carbocycles. The monoisotopic (exact) mass is 382 g/mol. The summed E-state index contributed by atoms with van der Waals surface area (Å²) in [5.74, 6) is 0. The summed E-state index contributed by atoms with van der Waals surface area (Å²) in [6.07, 6.45) is 0. The van der Waals surface area contributed by atoms with Crippen LogP contribution < -0.4 is 0 Å². The van der Waals surface area contributed by atoms with Crippen LogP contribution in [-0.4, -0.2) is 61.3 Å². The molecule has 0 saturated heterocycles. The summed E-state index contributed by atoms with van der Waals surface area (Å²) >= 11 is 0. The molecular formula is H18CeO12S. The van der Waals surface area contributed by atoms with Crippen LogP contribution in [0.15, 0.2) is 0 Å². The molecule has 0 spiro atoms. The van der Waals surface area contributed by atoms with Gasteiger partial charge in [0.15, 0.2) is 0 Å². The molecule has 14 heteroatoms. The zero-order valence-corrected chi connectivity index (χ0v) is 10.6. The SMILES string of the molecule is O.O.O.O.O.O.O.O.O=S(=O)(O)O.[Ce]. The zero-order valence-electron chi connectivity index (χ0n) is 6.62. The first-order valence-electron chi connectivity index (χ1n) is 0.698. The molecule has 14 heavy (non-hydrogen) atoms. The third-order valence-corrected chi connectivity index (χ3v) is 0. The third-order valence-electron chi connectivity index (χ3n) is 0. The molecule has 0 bridgehead atoms. The van der Waals surface area contributed by atoms with E-state index in [0.717, 1.165) is 0 Å². The van der Waals surface area contributed by atoms with Gasteiger partial charge in [0.25, 0.3) is 0 Å². The second-order valence-electron chi connectivity index (χ2n) is 0.448. The average Bonchev–Trinajstić information content (AvgIpc) is 0.722. The molecule has 0 rings (SSSR count). The minimum absolute atomic E-state index is 0. The van der Waals surface area contributed by atoms with Crippen molar-refractivity contribution < 1.29 is 103 Å². The van der Waals surface area contributed by atoms with Crippen LogP contribution in [0.1, 0.15) is 0 Å². The fourth-order valence-electron chi connectivity index (χ4n) is 0. The molecule has 0 unspecified atom stereocenters. The van der Waals surface area contributed by atoms with Gasteiger partial charge in [-0.1, -0.05) is 0 Å². The number of hydrogen-bond donors (Lipinski definition) is 2. The van der Waals surface area contributed by atoms with Crippen LogP contribution in [0.3, 0.4) is 0 Å². The largest absolute Gasteiger partial charge is 0.412 e. The van der Waals surface area contributed by atoms with Crippen LogP contribution in [-0.2, 0) is 10.4 Å². The van der Waals surface area contributed by atoms with Gasteiger partial charge >= 0.3 is 10.4 Å². The van der Waals surface area contributed by atoms with E-state index in [1.807, 2.05) is 0 Å². The number of hydrogen-bond acceptors (Lipinski definition) is 2. The molecule has 0 aliphatic rings. The van der Waals surface area contributed by atoms with Crippen LogP contribution in [0, 0.1) is 41.7 Å². The van der Waals surface area contributed by atoms with Crippen molar-refractivity contribution in [1.82, 2.24) is 0 Å². The van der Waals surface area contributed by atoms with E-state index in [1.165, 1.54) is 0 Å². The van der Waals surface area contributed by atoms with Crippen molar-refractivity contribution in [2.75, 3.05) is 0 Å². The molecule has 0 aromatic rings. The van der Waals surface area contributed by atoms with Gasteiger partial charge in [0, 0.05) is 41.7 Å². The Morgan fingerprint density at radius 3 is 0.571 bits per heavy atom. The normalized spacial score (nSPS) is 4.14. The van der Waals surface area contributed by atoms with E-state index < -0.39 is 10.4 Å². The molecule has 0 aromatic carbocycles. The maximum atomic E-state index is 8.74. The second-order valence-corrected chi connectivity index (χ2v) is 1.34. The summed E-state index contributed by atoms with van der Waals surface area (Å²) in [6.45, 7) is 0. The average molecular weight is 382 g/mol. The zero-order chi connectivity index (χ0) is 4.50. The Bertz CT molecular complexity index is 93.5. The fraction of sp³-hybridized carbons (Fsp3) is 0. The summed E-state index contributed by atoms with van der Waals surface area (Å²) in [5, 5.41) is 0. The Morgan fingerprint density at radius 2 is 0.571 bits per heavy atom. The van der Waals surface area contributed by atoms with E-state index >= 15 is 0 Å². The van der Waals surface area contributed by atoms with Gasteiger partial charge in [-0.15, -0.1) is 0 Å². The van der Waals surface area contributed by atoms with Crippen molar-refractivity contribution >= 4 is 10.4 Å². The van der Waals surface area contributed by atoms with Gasteiger partial charge in [-0.05, 0) is 0 Å². The van der Waals surface area contributed by atoms with E-state index in [2.05, 4.69) is 0 Å². The summed E-state index contributed by atoms with van der Waals surface area (Å²) in [5.41, 5.74) is 0. The van der Waals surface area contributed by atoms with Gasteiger partial charge in [-0.3, -0.25) is 9.11 Å². The Labute approximate surface area is 113 Å².